The third-order valence-electron chi connectivity index (χ3n) is 4.58. The maximum Gasteiger partial charge on any atom is 0.231 e. The molecular weight excluding hydrogens is 260 g/mol. The van der Waals surface area contributed by atoms with Crippen molar-refractivity contribution >= 4 is 11.6 Å². The molecule has 0 unspecified atom stereocenters. The fourth-order valence-corrected chi connectivity index (χ4v) is 3.22. The molecule has 1 fully saturated rings. The van der Waals surface area contributed by atoms with Gasteiger partial charge < -0.3 is 4.90 Å². The number of hydrogen-bond donors (Lipinski definition) is 0. The highest BCUT2D eigenvalue weighted by molar-refractivity contribution is 5.56. The molecule has 0 atom stereocenters. The average molecular weight is 284 g/mol. The van der Waals surface area contributed by atoms with Gasteiger partial charge in [-0.05, 0) is 31.9 Å². The first-order chi connectivity index (χ1) is 10.2. The predicted octanol–water partition coefficient (Wildman–Crippen LogP) is 3.94. The van der Waals surface area contributed by atoms with Gasteiger partial charge in [0.25, 0.3) is 0 Å². The number of hydrogen-bond acceptors (Lipinski definition) is 3. The van der Waals surface area contributed by atoms with Gasteiger partial charge in [-0.25, -0.2) is 0 Å². The van der Waals surface area contributed by atoms with Crippen LogP contribution in [0.1, 0.15) is 49.4 Å². The van der Waals surface area contributed by atoms with Crippen LogP contribution in [0.2, 0.25) is 0 Å². The normalized spacial score (nSPS) is 16.1. The fourth-order valence-electron chi connectivity index (χ4n) is 3.22. The van der Waals surface area contributed by atoms with E-state index in [4.69, 9.17) is 0 Å². The number of nitrogens with zero attached hydrogens (tertiary/aromatic N) is 4. The molecule has 0 N–H and O–H groups in total. The highest BCUT2D eigenvalue weighted by Gasteiger charge is 2.23. The molecule has 2 aromatic rings. The molecule has 0 bridgehead atoms. The van der Waals surface area contributed by atoms with Crippen molar-refractivity contribution in [3.05, 3.63) is 35.7 Å². The van der Waals surface area contributed by atoms with Gasteiger partial charge in [0.2, 0.25) is 5.95 Å². The van der Waals surface area contributed by atoms with Crippen LogP contribution in [0.3, 0.4) is 0 Å². The Morgan fingerprint density at radius 3 is 2.38 bits per heavy atom. The molecule has 0 aliphatic heterocycles. The third kappa shape index (κ3) is 2.80. The molecule has 4 heteroatoms. The Bertz CT molecular complexity index is 594. The quantitative estimate of drug-likeness (QED) is 0.856. The Labute approximate surface area is 126 Å². The third-order valence-corrected chi connectivity index (χ3v) is 4.58. The van der Waals surface area contributed by atoms with Gasteiger partial charge in [0.05, 0.1) is 0 Å². The van der Waals surface area contributed by atoms with Crippen molar-refractivity contribution in [2.75, 3.05) is 11.9 Å². The zero-order valence-corrected chi connectivity index (χ0v) is 13.2. The largest absolute Gasteiger partial charge is 0.314 e. The number of aryl methyl sites for hydroxylation is 1. The van der Waals surface area contributed by atoms with E-state index in [1.807, 2.05) is 0 Å². The standard InChI is InChI=1S/C17H24N4/c1-13-9-11-15(12-10-13)20(2)17-19-18-16(21(17)3)14-7-5-4-6-8-14/h9-12,14H,4-8H2,1-3H3. The summed E-state index contributed by atoms with van der Waals surface area (Å²) in [5.74, 6) is 2.64. The summed E-state index contributed by atoms with van der Waals surface area (Å²) in [6.07, 6.45) is 6.51. The van der Waals surface area contributed by atoms with Crippen molar-refractivity contribution in [1.82, 2.24) is 14.8 Å². The second-order valence-corrected chi connectivity index (χ2v) is 6.15. The van der Waals surface area contributed by atoms with Crippen molar-refractivity contribution < 1.29 is 0 Å². The maximum atomic E-state index is 4.47. The lowest BCUT2D eigenvalue weighted by Crippen LogP contribution is -2.16. The highest BCUT2D eigenvalue weighted by atomic mass is 15.4. The molecule has 0 saturated heterocycles. The Balaban J connectivity index is 1.85. The second-order valence-electron chi connectivity index (χ2n) is 6.15. The van der Waals surface area contributed by atoms with Gasteiger partial charge in [-0.1, -0.05) is 37.0 Å². The summed E-state index contributed by atoms with van der Waals surface area (Å²) in [6, 6.07) is 8.52. The average Bonchev–Trinajstić information content (AvgIpc) is 2.90. The Kier molecular flexibility index (Phi) is 3.95. The van der Waals surface area contributed by atoms with E-state index in [1.54, 1.807) is 0 Å². The van der Waals surface area contributed by atoms with Crippen molar-refractivity contribution in [2.45, 2.75) is 44.9 Å². The molecule has 0 amide bonds. The molecule has 1 aliphatic rings. The summed E-state index contributed by atoms with van der Waals surface area (Å²) < 4.78 is 2.16. The van der Waals surface area contributed by atoms with Crippen molar-refractivity contribution in [2.24, 2.45) is 7.05 Å². The zero-order chi connectivity index (χ0) is 14.8. The van der Waals surface area contributed by atoms with Crippen LogP contribution in [-0.2, 0) is 7.05 Å². The molecule has 1 aliphatic carbocycles. The van der Waals surface area contributed by atoms with Crippen LogP contribution in [0.5, 0.6) is 0 Å². The van der Waals surface area contributed by atoms with Gasteiger partial charge in [0, 0.05) is 25.7 Å². The predicted molar refractivity (Wildman–Crippen MR) is 86.1 cm³/mol. The molecule has 112 valence electrons. The molecule has 1 heterocycles. The Morgan fingerprint density at radius 2 is 1.71 bits per heavy atom. The van der Waals surface area contributed by atoms with Gasteiger partial charge in [0.15, 0.2) is 0 Å². The lowest BCUT2D eigenvalue weighted by atomic mass is 9.89. The topological polar surface area (TPSA) is 34.0 Å². The number of anilines is 2. The lowest BCUT2D eigenvalue weighted by molar-refractivity contribution is 0.420. The fraction of sp³-hybridized carbons (Fsp3) is 0.529. The van der Waals surface area contributed by atoms with E-state index in [0.717, 1.165) is 17.5 Å². The molecular formula is C17H24N4. The van der Waals surface area contributed by atoms with E-state index < -0.39 is 0 Å². The van der Waals surface area contributed by atoms with Crippen LogP contribution in [0, 0.1) is 6.92 Å². The van der Waals surface area contributed by atoms with Crippen molar-refractivity contribution in [3.63, 3.8) is 0 Å². The van der Waals surface area contributed by atoms with Crippen LogP contribution >= 0.6 is 0 Å². The first kappa shape index (κ1) is 14.1. The first-order valence-electron chi connectivity index (χ1n) is 7.86. The van der Waals surface area contributed by atoms with Crippen LogP contribution in [0.15, 0.2) is 24.3 Å². The summed E-state index contributed by atoms with van der Waals surface area (Å²) in [6.45, 7) is 2.10. The smallest absolute Gasteiger partial charge is 0.231 e. The monoisotopic (exact) mass is 284 g/mol. The first-order valence-corrected chi connectivity index (χ1v) is 7.86. The van der Waals surface area contributed by atoms with Crippen molar-refractivity contribution in [3.8, 4) is 0 Å². The molecule has 3 rings (SSSR count). The minimum absolute atomic E-state index is 0.580. The van der Waals surface area contributed by atoms with E-state index in [0.29, 0.717) is 5.92 Å². The lowest BCUT2D eigenvalue weighted by Gasteiger charge is -2.22. The molecule has 1 aromatic carbocycles. The molecule has 0 spiro atoms. The summed E-state index contributed by atoms with van der Waals surface area (Å²) in [5, 5.41) is 8.90. The van der Waals surface area contributed by atoms with Crippen molar-refractivity contribution in [1.29, 1.82) is 0 Å². The van der Waals surface area contributed by atoms with E-state index >= 15 is 0 Å². The summed E-state index contributed by atoms with van der Waals surface area (Å²) in [4.78, 5) is 2.11. The number of rotatable bonds is 3. The van der Waals surface area contributed by atoms with Gasteiger partial charge in [0.1, 0.15) is 5.82 Å². The maximum absolute atomic E-state index is 4.47. The summed E-state index contributed by atoms with van der Waals surface area (Å²) in [7, 11) is 4.14. The van der Waals surface area contributed by atoms with Gasteiger partial charge >= 0.3 is 0 Å². The Hall–Kier alpha value is -1.84. The second kappa shape index (κ2) is 5.88. The van der Waals surface area contributed by atoms with E-state index in [-0.39, 0.29) is 0 Å². The van der Waals surface area contributed by atoms with E-state index in [1.165, 1.54) is 37.7 Å². The van der Waals surface area contributed by atoms with Gasteiger partial charge in [-0.15, -0.1) is 10.2 Å². The van der Waals surface area contributed by atoms with Crippen LogP contribution in [0.4, 0.5) is 11.6 Å². The molecule has 21 heavy (non-hydrogen) atoms. The van der Waals surface area contributed by atoms with E-state index in [9.17, 15) is 0 Å². The highest BCUT2D eigenvalue weighted by Crippen LogP contribution is 2.33. The van der Waals surface area contributed by atoms with E-state index in [2.05, 4.69) is 64.9 Å². The van der Waals surface area contributed by atoms with Crippen LogP contribution in [-0.4, -0.2) is 21.8 Å². The molecule has 1 aromatic heterocycles. The SMILES string of the molecule is Cc1ccc(N(C)c2nnc(C3CCCCC3)n2C)cc1. The molecule has 1 saturated carbocycles. The molecule has 4 nitrogen and oxygen atoms in total. The van der Waals surface area contributed by atoms with Gasteiger partial charge in [-0.3, -0.25) is 4.57 Å². The van der Waals surface area contributed by atoms with Crippen LogP contribution in [0.25, 0.3) is 0 Å². The number of benzene rings is 1. The number of aromatic nitrogens is 3. The van der Waals surface area contributed by atoms with Gasteiger partial charge in [-0.2, -0.15) is 0 Å². The molecule has 0 radical (unpaired) electrons. The minimum atomic E-state index is 0.580. The minimum Gasteiger partial charge on any atom is -0.314 e. The van der Waals surface area contributed by atoms with Crippen LogP contribution < -0.4 is 4.90 Å². The zero-order valence-electron chi connectivity index (χ0n) is 13.2. The summed E-state index contributed by atoms with van der Waals surface area (Å²) in [5.41, 5.74) is 2.42. The summed E-state index contributed by atoms with van der Waals surface area (Å²) >= 11 is 0. The Morgan fingerprint density at radius 1 is 1.05 bits per heavy atom.